The summed E-state index contributed by atoms with van der Waals surface area (Å²) in [6, 6.07) is 0. The molecule has 0 aliphatic carbocycles. The van der Waals surface area contributed by atoms with Gasteiger partial charge in [0.2, 0.25) is 0 Å². The van der Waals surface area contributed by atoms with Crippen LogP contribution < -0.4 is 0 Å². The Hall–Kier alpha value is -0.830. The highest BCUT2D eigenvalue weighted by Crippen LogP contribution is 2.18. The third kappa shape index (κ3) is 2.34. The summed E-state index contributed by atoms with van der Waals surface area (Å²) in [6.07, 6.45) is 3.93. The summed E-state index contributed by atoms with van der Waals surface area (Å²) in [4.78, 5) is 4.08. The van der Waals surface area contributed by atoms with Gasteiger partial charge in [-0.15, -0.1) is 0 Å². The van der Waals surface area contributed by atoms with Crippen LogP contribution in [0.4, 0.5) is 0 Å². The molecule has 0 saturated carbocycles. The molecule has 0 amide bonds. The number of aryl methyl sites for hydroxylation is 1. The van der Waals surface area contributed by atoms with Crippen LogP contribution in [-0.2, 0) is 7.05 Å². The number of hydrogen-bond acceptors (Lipinski definition) is 2. The summed E-state index contributed by atoms with van der Waals surface area (Å²) in [5.74, 6) is 0.502. The highest BCUT2D eigenvalue weighted by molar-refractivity contribution is 5.00. The standard InChI is InChI=1S/C9H16N2O/c1-7(2)4-9(12)8-5-11(3)6-10-8/h5-7,9,12H,4H2,1-3H3. The molecule has 0 spiro atoms. The molecular weight excluding hydrogens is 152 g/mol. The lowest BCUT2D eigenvalue weighted by Crippen LogP contribution is -2.01. The van der Waals surface area contributed by atoms with Crippen LogP contribution in [0.15, 0.2) is 12.5 Å². The number of aromatic nitrogens is 2. The highest BCUT2D eigenvalue weighted by atomic mass is 16.3. The number of hydrogen-bond donors (Lipinski definition) is 1. The van der Waals surface area contributed by atoms with E-state index in [0.29, 0.717) is 5.92 Å². The van der Waals surface area contributed by atoms with Gasteiger partial charge in [-0.05, 0) is 12.3 Å². The summed E-state index contributed by atoms with van der Waals surface area (Å²) in [5.41, 5.74) is 0.770. The largest absolute Gasteiger partial charge is 0.387 e. The van der Waals surface area contributed by atoms with Crippen LogP contribution in [0.5, 0.6) is 0 Å². The Labute approximate surface area is 73.1 Å². The van der Waals surface area contributed by atoms with Gasteiger partial charge in [0.05, 0.1) is 18.1 Å². The zero-order valence-corrected chi connectivity index (χ0v) is 7.86. The summed E-state index contributed by atoms with van der Waals surface area (Å²) in [6.45, 7) is 4.18. The van der Waals surface area contributed by atoms with Crippen molar-refractivity contribution in [2.45, 2.75) is 26.4 Å². The predicted molar refractivity (Wildman–Crippen MR) is 47.6 cm³/mol. The van der Waals surface area contributed by atoms with Crippen LogP contribution in [-0.4, -0.2) is 14.7 Å². The molecule has 0 radical (unpaired) electrons. The van der Waals surface area contributed by atoms with E-state index in [1.54, 1.807) is 6.33 Å². The summed E-state index contributed by atoms with van der Waals surface area (Å²) >= 11 is 0. The molecule has 12 heavy (non-hydrogen) atoms. The molecule has 1 N–H and O–H groups in total. The molecule has 1 aromatic rings. The predicted octanol–water partition coefficient (Wildman–Crippen LogP) is 1.50. The lowest BCUT2D eigenvalue weighted by molar-refractivity contribution is 0.147. The van der Waals surface area contributed by atoms with Gasteiger partial charge in [0.15, 0.2) is 0 Å². The smallest absolute Gasteiger partial charge is 0.0977 e. The molecule has 0 bridgehead atoms. The van der Waals surface area contributed by atoms with Crippen molar-refractivity contribution >= 4 is 0 Å². The monoisotopic (exact) mass is 168 g/mol. The summed E-state index contributed by atoms with van der Waals surface area (Å²) < 4.78 is 1.85. The van der Waals surface area contributed by atoms with Crippen molar-refractivity contribution in [1.29, 1.82) is 0 Å². The summed E-state index contributed by atoms with van der Waals surface area (Å²) in [7, 11) is 1.90. The van der Waals surface area contributed by atoms with Crippen molar-refractivity contribution < 1.29 is 5.11 Å². The SMILES string of the molecule is CC(C)CC(O)c1cn(C)cn1. The van der Waals surface area contributed by atoms with Gasteiger partial charge in [0.25, 0.3) is 0 Å². The molecule has 0 saturated heterocycles. The number of nitrogens with zero attached hydrogens (tertiary/aromatic N) is 2. The van der Waals surface area contributed by atoms with Gasteiger partial charge in [-0.3, -0.25) is 0 Å². The van der Waals surface area contributed by atoms with E-state index < -0.39 is 6.10 Å². The van der Waals surface area contributed by atoms with Crippen molar-refractivity contribution in [1.82, 2.24) is 9.55 Å². The molecule has 3 nitrogen and oxygen atoms in total. The second-order valence-electron chi connectivity index (χ2n) is 3.61. The first kappa shape index (κ1) is 9.26. The molecule has 0 aliphatic heterocycles. The van der Waals surface area contributed by atoms with Gasteiger partial charge in [-0.1, -0.05) is 13.8 Å². The van der Waals surface area contributed by atoms with Crippen molar-refractivity contribution in [2.75, 3.05) is 0 Å². The first-order valence-corrected chi connectivity index (χ1v) is 4.25. The van der Waals surface area contributed by atoms with E-state index >= 15 is 0 Å². The fourth-order valence-electron chi connectivity index (χ4n) is 1.17. The topological polar surface area (TPSA) is 38.0 Å². The zero-order chi connectivity index (χ0) is 9.14. The van der Waals surface area contributed by atoms with Crippen molar-refractivity contribution in [3.05, 3.63) is 18.2 Å². The average Bonchev–Trinajstić information content (AvgIpc) is 2.34. The lowest BCUT2D eigenvalue weighted by atomic mass is 10.0. The van der Waals surface area contributed by atoms with E-state index in [9.17, 15) is 5.11 Å². The minimum absolute atomic E-state index is 0.411. The van der Waals surface area contributed by atoms with Gasteiger partial charge in [0.1, 0.15) is 0 Å². The van der Waals surface area contributed by atoms with Crippen LogP contribution in [0.2, 0.25) is 0 Å². The number of aliphatic hydroxyl groups is 1. The molecule has 1 aromatic heterocycles. The maximum absolute atomic E-state index is 9.63. The van der Waals surface area contributed by atoms with Gasteiger partial charge in [0, 0.05) is 13.2 Å². The van der Waals surface area contributed by atoms with Gasteiger partial charge >= 0.3 is 0 Å². The van der Waals surface area contributed by atoms with Crippen LogP contribution >= 0.6 is 0 Å². The Bertz CT molecular complexity index is 242. The fraction of sp³-hybridized carbons (Fsp3) is 0.667. The molecule has 1 heterocycles. The molecule has 68 valence electrons. The molecule has 3 heteroatoms. The number of aliphatic hydroxyl groups excluding tert-OH is 1. The van der Waals surface area contributed by atoms with E-state index in [1.807, 2.05) is 17.8 Å². The Morgan fingerprint density at radius 2 is 2.25 bits per heavy atom. The van der Waals surface area contributed by atoms with E-state index in [4.69, 9.17) is 0 Å². The van der Waals surface area contributed by atoms with Gasteiger partial charge < -0.3 is 9.67 Å². The normalized spacial score (nSPS) is 13.8. The lowest BCUT2D eigenvalue weighted by Gasteiger charge is -2.09. The first-order valence-electron chi connectivity index (χ1n) is 4.25. The molecule has 1 atom stereocenters. The quantitative estimate of drug-likeness (QED) is 0.742. The van der Waals surface area contributed by atoms with Crippen molar-refractivity contribution in [3.63, 3.8) is 0 Å². The maximum atomic E-state index is 9.63. The fourth-order valence-corrected chi connectivity index (χ4v) is 1.17. The third-order valence-corrected chi connectivity index (χ3v) is 1.76. The molecular formula is C9H16N2O. The molecule has 0 fully saturated rings. The van der Waals surface area contributed by atoms with Crippen molar-refractivity contribution in [2.24, 2.45) is 13.0 Å². The van der Waals surface area contributed by atoms with Crippen LogP contribution in [0.1, 0.15) is 32.1 Å². The van der Waals surface area contributed by atoms with Crippen LogP contribution in [0.25, 0.3) is 0 Å². The second kappa shape index (κ2) is 3.72. The van der Waals surface area contributed by atoms with E-state index in [0.717, 1.165) is 12.1 Å². The molecule has 0 aromatic carbocycles. The molecule has 1 rings (SSSR count). The number of imidazole rings is 1. The van der Waals surface area contributed by atoms with E-state index in [2.05, 4.69) is 18.8 Å². The van der Waals surface area contributed by atoms with Crippen molar-refractivity contribution in [3.8, 4) is 0 Å². The van der Waals surface area contributed by atoms with E-state index in [-0.39, 0.29) is 0 Å². The van der Waals surface area contributed by atoms with Gasteiger partial charge in [-0.25, -0.2) is 4.98 Å². The Balaban J connectivity index is 2.58. The Morgan fingerprint density at radius 1 is 1.58 bits per heavy atom. The summed E-state index contributed by atoms with van der Waals surface area (Å²) in [5, 5.41) is 9.63. The molecule has 1 unspecified atom stereocenters. The third-order valence-electron chi connectivity index (χ3n) is 1.76. The second-order valence-corrected chi connectivity index (χ2v) is 3.61. The first-order chi connectivity index (χ1) is 5.59. The Kier molecular flexibility index (Phi) is 2.87. The maximum Gasteiger partial charge on any atom is 0.0977 e. The van der Waals surface area contributed by atoms with E-state index in [1.165, 1.54) is 0 Å². The Morgan fingerprint density at radius 3 is 2.67 bits per heavy atom. The highest BCUT2D eigenvalue weighted by Gasteiger charge is 2.11. The van der Waals surface area contributed by atoms with Crippen LogP contribution in [0, 0.1) is 5.92 Å². The van der Waals surface area contributed by atoms with Gasteiger partial charge in [-0.2, -0.15) is 0 Å². The zero-order valence-electron chi connectivity index (χ0n) is 7.86. The number of rotatable bonds is 3. The molecule has 0 aliphatic rings. The minimum atomic E-state index is -0.411. The van der Waals surface area contributed by atoms with Crippen LogP contribution in [0.3, 0.4) is 0 Å². The average molecular weight is 168 g/mol. The minimum Gasteiger partial charge on any atom is -0.387 e.